The summed E-state index contributed by atoms with van der Waals surface area (Å²) in [5.41, 5.74) is 0.276. The summed E-state index contributed by atoms with van der Waals surface area (Å²) in [5.74, 6) is 0. The zero-order valence-electron chi connectivity index (χ0n) is 5.88. The minimum Gasteiger partial charge on any atom is -0.276 e. The predicted octanol–water partition coefficient (Wildman–Crippen LogP) is 2.44. The lowest BCUT2D eigenvalue weighted by Gasteiger charge is -1.98. The van der Waals surface area contributed by atoms with E-state index in [4.69, 9.17) is 23.2 Å². The number of benzene rings is 1. The third-order valence-electron chi connectivity index (χ3n) is 1.35. The summed E-state index contributed by atoms with van der Waals surface area (Å²) in [6, 6.07) is 6.12. The lowest BCUT2D eigenvalue weighted by Crippen LogP contribution is -1.99. The molecular formula is C8H4Cl2O2. The highest BCUT2D eigenvalue weighted by atomic mass is 35.5. The number of carbonyl (C=O) groups excluding carboxylic acids is 2. The standard InChI is InChI=1S/C8H4Cl2O2/c9-7(11)5-3-1-2-4-6(5)8(10)12/h1-4H/i11+2,12+2. The Labute approximate surface area is 79.1 Å². The SMILES string of the molecule is [18O]=C(Cl)c1ccccc1C(=[18O])Cl. The summed E-state index contributed by atoms with van der Waals surface area (Å²) in [6.45, 7) is 0. The Bertz CT molecular complexity index is 301. The quantitative estimate of drug-likeness (QED) is 0.551. The van der Waals surface area contributed by atoms with E-state index in [0.717, 1.165) is 0 Å². The molecule has 0 amide bonds. The molecule has 12 heavy (non-hydrogen) atoms. The zero-order valence-corrected chi connectivity index (χ0v) is 7.39. The molecule has 0 unspecified atom stereocenters. The van der Waals surface area contributed by atoms with Crippen molar-refractivity contribution in [3.8, 4) is 0 Å². The maximum Gasteiger partial charge on any atom is 0.253 e. The van der Waals surface area contributed by atoms with Crippen LogP contribution >= 0.6 is 23.2 Å². The van der Waals surface area contributed by atoms with Crippen molar-refractivity contribution < 1.29 is 9.59 Å². The number of hydrogen-bond donors (Lipinski definition) is 0. The fourth-order valence-electron chi connectivity index (χ4n) is 0.826. The maximum absolute atomic E-state index is 10.7. The summed E-state index contributed by atoms with van der Waals surface area (Å²) in [5, 5.41) is -1.36. The molecule has 0 saturated carbocycles. The van der Waals surface area contributed by atoms with Crippen molar-refractivity contribution in [1.29, 1.82) is 0 Å². The van der Waals surface area contributed by atoms with Gasteiger partial charge in [0.25, 0.3) is 10.5 Å². The van der Waals surface area contributed by atoms with Gasteiger partial charge in [0.2, 0.25) is 0 Å². The van der Waals surface area contributed by atoms with Crippen molar-refractivity contribution in [1.82, 2.24) is 0 Å². The van der Waals surface area contributed by atoms with Gasteiger partial charge < -0.3 is 0 Å². The number of halogens is 2. The van der Waals surface area contributed by atoms with E-state index < -0.39 is 10.5 Å². The lowest BCUT2D eigenvalue weighted by atomic mass is 10.1. The molecule has 0 fully saturated rings. The first-order valence-corrected chi connectivity index (χ1v) is 3.87. The highest BCUT2D eigenvalue weighted by molar-refractivity contribution is 6.71. The predicted molar refractivity (Wildman–Crippen MR) is 46.8 cm³/mol. The van der Waals surface area contributed by atoms with E-state index in [9.17, 15) is 9.59 Å². The molecular weight excluding hydrogens is 203 g/mol. The topological polar surface area (TPSA) is 34.1 Å². The van der Waals surface area contributed by atoms with E-state index in [2.05, 4.69) is 0 Å². The average Bonchev–Trinajstić information content (AvgIpc) is 2.04. The highest BCUT2D eigenvalue weighted by Gasteiger charge is 2.12. The van der Waals surface area contributed by atoms with Crippen molar-refractivity contribution in [2.24, 2.45) is 0 Å². The minimum atomic E-state index is -0.681. The van der Waals surface area contributed by atoms with E-state index in [1.165, 1.54) is 12.1 Å². The van der Waals surface area contributed by atoms with Crippen LogP contribution in [-0.2, 0) is 0 Å². The van der Waals surface area contributed by atoms with Crippen molar-refractivity contribution in [2.45, 2.75) is 0 Å². The van der Waals surface area contributed by atoms with Crippen LogP contribution in [0, 0.1) is 0 Å². The third kappa shape index (κ3) is 1.84. The van der Waals surface area contributed by atoms with Crippen LogP contribution in [0.4, 0.5) is 0 Å². The molecule has 0 atom stereocenters. The highest BCUT2D eigenvalue weighted by Crippen LogP contribution is 2.13. The van der Waals surface area contributed by atoms with E-state index in [0.29, 0.717) is 0 Å². The molecule has 1 aromatic carbocycles. The van der Waals surface area contributed by atoms with Crippen LogP contribution in [0.3, 0.4) is 0 Å². The average molecular weight is 207 g/mol. The van der Waals surface area contributed by atoms with Crippen molar-refractivity contribution >= 4 is 33.7 Å². The van der Waals surface area contributed by atoms with Crippen molar-refractivity contribution in [3.05, 3.63) is 35.4 Å². The smallest absolute Gasteiger partial charge is 0.253 e. The Balaban J connectivity index is 3.27. The number of rotatable bonds is 2. The maximum atomic E-state index is 10.7. The Morgan fingerprint density at radius 3 is 1.50 bits per heavy atom. The summed E-state index contributed by atoms with van der Waals surface area (Å²) in [6.07, 6.45) is 0. The van der Waals surface area contributed by atoms with Gasteiger partial charge in [0.1, 0.15) is 0 Å². The molecule has 0 aliphatic heterocycles. The Morgan fingerprint density at radius 2 is 1.25 bits per heavy atom. The van der Waals surface area contributed by atoms with Gasteiger partial charge in [0, 0.05) is 11.1 Å². The molecule has 0 radical (unpaired) electrons. The first-order valence-electron chi connectivity index (χ1n) is 3.11. The molecule has 4 heteroatoms. The van der Waals surface area contributed by atoms with Gasteiger partial charge in [-0.15, -0.1) is 0 Å². The van der Waals surface area contributed by atoms with Crippen LogP contribution in [0.15, 0.2) is 24.3 Å². The van der Waals surface area contributed by atoms with Gasteiger partial charge >= 0.3 is 0 Å². The minimum absolute atomic E-state index is 0.138. The van der Waals surface area contributed by atoms with Crippen LogP contribution in [0.25, 0.3) is 0 Å². The number of hydrogen-bond acceptors (Lipinski definition) is 2. The fourth-order valence-corrected chi connectivity index (χ4v) is 1.16. The first kappa shape index (κ1) is 9.23. The molecule has 0 N–H and O–H groups in total. The summed E-state index contributed by atoms with van der Waals surface area (Å²) in [7, 11) is 0. The van der Waals surface area contributed by atoms with Crippen LogP contribution in [-0.4, -0.2) is 10.5 Å². The molecule has 0 aliphatic carbocycles. The molecule has 0 bridgehead atoms. The normalized spacial score (nSPS) is 9.50. The molecule has 0 heterocycles. The molecule has 0 saturated heterocycles. The van der Waals surface area contributed by atoms with Gasteiger partial charge in [-0.3, -0.25) is 9.59 Å². The van der Waals surface area contributed by atoms with Gasteiger partial charge in [-0.1, -0.05) is 12.1 Å². The fraction of sp³-hybridized carbons (Fsp3) is 0. The Hall–Kier alpha value is -0.860. The van der Waals surface area contributed by atoms with Gasteiger partial charge in [-0.05, 0) is 35.3 Å². The molecule has 0 aliphatic rings. The largest absolute Gasteiger partial charge is 0.276 e. The molecule has 1 rings (SSSR count). The van der Waals surface area contributed by atoms with Crippen LogP contribution < -0.4 is 0 Å². The summed E-state index contributed by atoms with van der Waals surface area (Å²) in [4.78, 5) is 21.5. The first-order chi connectivity index (χ1) is 5.63. The molecule has 2 nitrogen and oxygen atoms in total. The van der Waals surface area contributed by atoms with E-state index in [-0.39, 0.29) is 11.1 Å². The van der Waals surface area contributed by atoms with Crippen LogP contribution in [0.2, 0.25) is 0 Å². The van der Waals surface area contributed by atoms with Crippen molar-refractivity contribution in [2.75, 3.05) is 0 Å². The number of carbonyl (C=O) groups is 2. The van der Waals surface area contributed by atoms with Gasteiger partial charge in [-0.25, -0.2) is 0 Å². The van der Waals surface area contributed by atoms with E-state index in [1.807, 2.05) is 0 Å². The second-order valence-electron chi connectivity index (χ2n) is 2.09. The monoisotopic (exact) mass is 206 g/mol. The van der Waals surface area contributed by atoms with E-state index in [1.54, 1.807) is 12.1 Å². The Morgan fingerprint density at radius 1 is 0.917 bits per heavy atom. The van der Waals surface area contributed by atoms with Crippen LogP contribution in [0.1, 0.15) is 20.7 Å². The second-order valence-corrected chi connectivity index (χ2v) is 2.78. The summed E-state index contributed by atoms with van der Waals surface area (Å²) >= 11 is 10.4. The van der Waals surface area contributed by atoms with Crippen molar-refractivity contribution in [3.63, 3.8) is 0 Å². The zero-order chi connectivity index (χ0) is 9.14. The summed E-state index contributed by atoms with van der Waals surface area (Å²) < 4.78 is 0. The Kier molecular flexibility index (Phi) is 2.84. The van der Waals surface area contributed by atoms with E-state index >= 15 is 0 Å². The second kappa shape index (κ2) is 3.70. The third-order valence-corrected chi connectivity index (χ3v) is 1.76. The molecule has 0 aromatic heterocycles. The van der Waals surface area contributed by atoms with Gasteiger partial charge in [0.15, 0.2) is 0 Å². The van der Waals surface area contributed by atoms with Crippen LogP contribution in [0.5, 0.6) is 0 Å². The lowest BCUT2D eigenvalue weighted by molar-refractivity contribution is 0.105. The molecule has 62 valence electrons. The molecule has 1 aromatic rings. The molecule has 0 spiro atoms. The van der Waals surface area contributed by atoms with Gasteiger partial charge in [-0.2, -0.15) is 0 Å². The van der Waals surface area contributed by atoms with Gasteiger partial charge in [0.05, 0.1) is 0 Å².